The first-order valence-electron chi connectivity index (χ1n) is 6.67. The van der Waals surface area contributed by atoms with Crippen molar-refractivity contribution < 1.29 is 23.9 Å². The number of nitrogens with zero attached hydrogens (tertiary/aromatic N) is 1. The summed E-state index contributed by atoms with van der Waals surface area (Å²) in [6.45, 7) is 1.65. The lowest BCUT2D eigenvalue weighted by Crippen LogP contribution is -2.31. The van der Waals surface area contributed by atoms with Crippen molar-refractivity contribution in [3.05, 3.63) is 23.2 Å². The molecule has 2 heterocycles. The zero-order valence-electron chi connectivity index (χ0n) is 11.1. The number of furan rings is 1. The van der Waals surface area contributed by atoms with Gasteiger partial charge in [0.05, 0.1) is 18.4 Å². The lowest BCUT2D eigenvalue weighted by Gasteiger charge is -2.13. The van der Waals surface area contributed by atoms with Gasteiger partial charge in [-0.2, -0.15) is 0 Å². The standard InChI is InChI=1S/C14H15NO5/c1-7-5-8(20-11(7)14(18)19)6-15-12(16)9-3-2-4-10(9)13(15)17/h5,9-10H,2-4,6H2,1H3,(H,18,19). The zero-order chi connectivity index (χ0) is 14.4. The maximum Gasteiger partial charge on any atom is 0.372 e. The Morgan fingerprint density at radius 2 is 1.95 bits per heavy atom. The number of carbonyl (C=O) groups excluding carboxylic acids is 2. The van der Waals surface area contributed by atoms with E-state index < -0.39 is 5.97 Å². The molecule has 6 nitrogen and oxygen atoms in total. The minimum absolute atomic E-state index is 0.0266. The van der Waals surface area contributed by atoms with Crippen LogP contribution in [0, 0.1) is 18.8 Å². The molecule has 0 aromatic carbocycles. The predicted octanol–water partition coefficient (Wildman–Crippen LogP) is 1.57. The summed E-state index contributed by atoms with van der Waals surface area (Å²) < 4.78 is 5.21. The van der Waals surface area contributed by atoms with E-state index >= 15 is 0 Å². The highest BCUT2D eigenvalue weighted by molar-refractivity contribution is 6.05. The molecule has 106 valence electrons. The van der Waals surface area contributed by atoms with Gasteiger partial charge in [-0.3, -0.25) is 14.5 Å². The number of carbonyl (C=O) groups is 3. The molecule has 0 radical (unpaired) electrons. The van der Waals surface area contributed by atoms with E-state index in [2.05, 4.69) is 0 Å². The van der Waals surface area contributed by atoms with Gasteiger partial charge in [-0.25, -0.2) is 4.79 Å². The molecule has 20 heavy (non-hydrogen) atoms. The first-order valence-corrected chi connectivity index (χ1v) is 6.67. The number of carboxylic acids is 1. The van der Waals surface area contributed by atoms with Crippen LogP contribution in [0.25, 0.3) is 0 Å². The minimum atomic E-state index is -1.15. The van der Waals surface area contributed by atoms with Crippen LogP contribution in [0.3, 0.4) is 0 Å². The number of hydrogen-bond acceptors (Lipinski definition) is 4. The second kappa shape index (κ2) is 4.47. The molecule has 2 amide bonds. The van der Waals surface area contributed by atoms with Gasteiger partial charge in [-0.1, -0.05) is 6.42 Å². The van der Waals surface area contributed by atoms with E-state index in [0.29, 0.717) is 11.3 Å². The summed E-state index contributed by atoms with van der Waals surface area (Å²) in [6, 6.07) is 1.57. The molecule has 3 rings (SSSR count). The molecule has 2 aliphatic rings. The van der Waals surface area contributed by atoms with Crippen molar-refractivity contribution in [3.63, 3.8) is 0 Å². The number of fused-ring (bicyclic) bond motifs is 1. The van der Waals surface area contributed by atoms with Gasteiger partial charge in [0, 0.05) is 5.56 Å². The highest BCUT2D eigenvalue weighted by atomic mass is 16.4. The Morgan fingerprint density at radius 3 is 2.45 bits per heavy atom. The molecule has 1 saturated carbocycles. The van der Waals surface area contributed by atoms with Gasteiger partial charge in [0.25, 0.3) is 0 Å². The van der Waals surface area contributed by atoms with Crippen molar-refractivity contribution >= 4 is 17.8 Å². The van der Waals surface area contributed by atoms with Gasteiger partial charge in [0.1, 0.15) is 5.76 Å². The van der Waals surface area contributed by atoms with Crippen LogP contribution in [0.1, 0.15) is 41.1 Å². The van der Waals surface area contributed by atoms with Gasteiger partial charge in [-0.05, 0) is 25.8 Å². The van der Waals surface area contributed by atoms with E-state index in [1.165, 1.54) is 4.90 Å². The third-order valence-corrected chi connectivity index (χ3v) is 4.16. The number of carboxylic acid groups (broad SMARTS) is 1. The Kier molecular flexibility index (Phi) is 2.88. The number of aromatic carboxylic acids is 1. The van der Waals surface area contributed by atoms with Gasteiger partial charge in [0.2, 0.25) is 17.6 Å². The second-order valence-corrected chi connectivity index (χ2v) is 5.44. The number of aryl methyl sites for hydroxylation is 1. The Labute approximate surface area is 115 Å². The van der Waals surface area contributed by atoms with E-state index in [9.17, 15) is 14.4 Å². The largest absolute Gasteiger partial charge is 0.475 e. The average Bonchev–Trinajstić information content (AvgIpc) is 3.04. The van der Waals surface area contributed by atoms with Gasteiger partial charge < -0.3 is 9.52 Å². The molecule has 1 N–H and O–H groups in total. The molecule has 1 aromatic heterocycles. The number of rotatable bonds is 3. The van der Waals surface area contributed by atoms with E-state index in [4.69, 9.17) is 9.52 Å². The molecule has 1 saturated heterocycles. The maximum atomic E-state index is 12.2. The normalized spacial score (nSPS) is 25.4. The Morgan fingerprint density at radius 1 is 1.35 bits per heavy atom. The number of likely N-dealkylation sites (tertiary alicyclic amines) is 1. The highest BCUT2D eigenvalue weighted by Gasteiger charge is 2.49. The smallest absolute Gasteiger partial charge is 0.372 e. The lowest BCUT2D eigenvalue weighted by molar-refractivity contribution is -0.141. The minimum Gasteiger partial charge on any atom is -0.475 e. The van der Waals surface area contributed by atoms with Crippen LogP contribution in [-0.2, 0) is 16.1 Å². The van der Waals surface area contributed by atoms with E-state index in [-0.39, 0.29) is 36.0 Å². The molecule has 6 heteroatoms. The third kappa shape index (κ3) is 1.83. The number of hydrogen-bond donors (Lipinski definition) is 1. The molecule has 2 fully saturated rings. The monoisotopic (exact) mass is 277 g/mol. The van der Waals surface area contributed by atoms with Gasteiger partial charge in [0.15, 0.2) is 0 Å². The topological polar surface area (TPSA) is 87.8 Å². The maximum absolute atomic E-state index is 12.2. The Balaban J connectivity index is 1.81. The van der Waals surface area contributed by atoms with Crippen LogP contribution < -0.4 is 0 Å². The summed E-state index contributed by atoms with van der Waals surface area (Å²) in [4.78, 5) is 36.5. The van der Waals surface area contributed by atoms with Crippen molar-refractivity contribution in [2.45, 2.75) is 32.7 Å². The first kappa shape index (κ1) is 12.9. The molecule has 0 spiro atoms. The number of imide groups is 1. The SMILES string of the molecule is Cc1cc(CN2C(=O)C3CCCC3C2=O)oc1C(=O)O. The van der Waals surface area contributed by atoms with Crippen molar-refractivity contribution in [2.75, 3.05) is 0 Å². The summed E-state index contributed by atoms with van der Waals surface area (Å²) in [5.74, 6) is -1.62. The zero-order valence-corrected chi connectivity index (χ0v) is 11.1. The fourth-order valence-corrected chi connectivity index (χ4v) is 3.21. The summed E-state index contributed by atoms with van der Waals surface area (Å²) >= 11 is 0. The highest BCUT2D eigenvalue weighted by Crippen LogP contribution is 2.40. The van der Waals surface area contributed by atoms with Gasteiger partial charge in [-0.15, -0.1) is 0 Å². The van der Waals surface area contributed by atoms with Crippen LogP contribution in [0.15, 0.2) is 10.5 Å². The summed E-state index contributed by atoms with van der Waals surface area (Å²) in [7, 11) is 0. The van der Waals surface area contributed by atoms with E-state index in [0.717, 1.165) is 19.3 Å². The second-order valence-electron chi connectivity index (χ2n) is 5.44. The molecule has 1 aliphatic carbocycles. The first-order chi connectivity index (χ1) is 9.49. The molecule has 1 aromatic rings. The van der Waals surface area contributed by atoms with Crippen LogP contribution >= 0.6 is 0 Å². The average molecular weight is 277 g/mol. The van der Waals surface area contributed by atoms with Crippen molar-refractivity contribution in [1.82, 2.24) is 4.90 Å². The van der Waals surface area contributed by atoms with Crippen molar-refractivity contribution in [2.24, 2.45) is 11.8 Å². The van der Waals surface area contributed by atoms with Crippen LogP contribution in [-0.4, -0.2) is 27.8 Å². The molecule has 0 bridgehead atoms. The van der Waals surface area contributed by atoms with Gasteiger partial charge >= 0.3 is 5.97 Å². The van der Waals surface area contributed by atoms with E-state index in [1.54, 1.807) is 13.0 Å². The fraction of sp³-hybridized carbons (Fsp3) is 0.500. The van der Waals surface area contributed by atoms with Crippen LogP contribution in [0.5, 0.6) is 0 Å². The lowest BCUT2D eigenvalue weighted by atomic mass is 10.00. The van der Waals surface area contributed by atoms with Crippen LogP contribution in [0.4, 0.5) is 0 Å². The molecule has 1 aliphatic heterocycles. The third-order valence-electron chi connectivity index (χ3n) is 4.16. The predicted molar refractivity (Wildman–Crippen MR) is 66.8 cm³/mol. The molecular formula is C14H15NO5. The number of amides is 2. The van der Waals surface area contributed by atoms with Crippen molar-refractivity contribution in [3.8, 4) is 0 Å². The summed E-state index contributed by atoms with van der Waals surface area (Å²) in [5.41, 5.74) is 0.492. The summed E-state index contributed by atoms with van der Waals surface area (Å²) in [5, 5.41) is 8.93. The fourth-order valence-electron chi connectivity index (χ4n) is 3.21. The molecular weight excluding hydrogens is 262 g/mol. The molecule has 2 unspecified atom stereocenters. The molecule has 2 atom stereocenters. The van der Waals surface area contributed by atoms with Crippen molar-refractivity contribution in [1.29, 1.82) is 0 Å². The Bertz CT molecular complexity index is 581. The quantitative estimate of drug-likeness (QED) is 0.847. The van der Waals surface area contributed by atoms with E-state index in [1.807, 2.05) is 0 Å². The van der Waals surface area contributed by atoms with Crippen LogP contribution in [0.2, 0.25) is 0 Å². The Hall–Kier alpha value is -2.11. The summed E-state index contributed by atoms with van der Waals surface area (Å²) in [6.07, 6.45) is 2.45.